The minimum Gasteiger partial charge on any atom is -0.468 e. The average Bonchev–Trinajstić information content (AvgIpc) is 2.76. The van der Waals surface area contributed by atoms with E-state index in [-0.39, 0.29) is 5.60 Å². The van der Waals surface area contributed by atoms with Crippen molar-refractivity contribution in [2.45, 2.75) is 44.2 Å². The van der Waals surface area contributed by atoms with Crippen molar-refractivity contribution >= 4 is 0 Å². The number of nitrogens with one attached hydrogen (secondary N) is 1. The largest absolute Gasteiger partial charge is 0.468 e. The highest BCUT2D eigenvalue weighted by atomic mass is 16.5. The molecule has 1 saturated carbocycles. The highest BCUT2D eigenvalue weighted by Gasteiger charge is 2.37. The van der Waals surface area contributed by atoms with Gasteiger partial charge in [0.05, 0.1) is 17.9 Å². The molecule has 1 aliphatic carbocycles. The Labute approximate surface area is 97.2 Å². The van der Waals surface area contributed by atoms with E-state index in [0.29, 0.717) is 6.04 Å². The molecule has 0 amide bonds. The van der Waals surface area contributed by atoms with Gasteiger partial charge in [0.25, 0.3) is 0 Å². The van der Waals surface area contributed by atoms with Crippen molar-refractivity contribution < 1.29 is 9.15 Å². The molecule has 16 heavy (non-hydrogen) atoms. The van der Waals surface area contributed by atoms with Crippen molar-refractivity contribution in [1.82, 2.24) is 5.32 Å². The maximum atomic E-state index is 5.59. The van der Waals surface area contributed by atoms with E-state index in [1.165, 1.54) is 19.3 Å². The van der Waals surface area contributed by atoms with Crippen LogP contribution < -0.4 is 5.32 Å². The summed E-state index contributed by atoms with van der Waals surface area (Å²) < 4.78 is 11.0. The van der Waals surface area contributed by atoms with E-state index in [1.54, 1.807) is 6.26 Å². The van der Waals surface area contributed by atoms with Crippen molar-refractivity contribution in [2.75, 3.05) is 13.7 Å². The molecule has 0 spiro atoms. The first-order chi connectivity index (χ1) is 7.79. The van der Waals surface area contributed by atoms with E-state index in [1.807, 2.05) is 19.2 Å². The van der Waals surface area contributed by atoms with E-state index in [0.717, 1.165) is 18.7 Å². The molecule has 0 radical (unpaired) electrons. The highest BCUT2D eigenvalue weighted by molar-refractivity contribution is 5.05. The Morgan fingerprint density at radius 1 is 1.56 bits per heavy atom. The third-order valence-corrected chi connectivity index (χ3v) is 3.66. The minimum atomic E-state index is 0.0833. The number of hydrogen-bond acceptors (Lipinski definition) is 3. The molecular formula is C13H21NO2. The van der Waals surface area contributed by atoms with E-state index in [9.17, 15) is 0 Å². The summed E-state index contributed by atoms with van der Waals surface area (Å²) in [7, 11) is 1.81. The monoisotopic (exact) mass is 223 g/mol. The number of methoxy groups -OCH3 is 1. The van der Waals surface area contributed by atoms with Gasteiger partial charge in [-0.3, -0.25) is 0 Å². The second kappa shape index (κ2) is 5.02. The number of hydrogen-bond donors (Lipinski definition) is 1. The molecule has 1 heterocycles. The van der Waals surface area contributed by atoms with Crippen molar-refractivity contribution in [1.29, 1.82) is 0 Å². The fraction of sp³-hybridized carbons (Fsp3) is 0.692. The lowest BCUT2D eigenvalue weighted by Crippen LogP contribution is -2.48. The third-order valence-electron chi connectivity index (χ3n) is 3.66. The molecule has 3 nitrogen and oxygen atoms in total. The maximum Gasteiger partial charge on any atom is 0.120 e. The Hall–Kier alpha value is -0.800. The standard InChI is InChI=1S/C13H21NO2/c1-3-11(12-6-4-9-16-12)14-10-13(15-2)7-5-8-13/h4,6,9,11,14H,3,5,7-8,10H2,1-2H3. The Morgan fingerprint density at radius 3 is 2.81 bits per heavy atom. The Bertz CT molecular complexity index is 298. The zero-order valence-corrected chi connectivity index (χ0v) is 10.2. The van der Waals surface area contributed by atoms with Crippen LogP contribution in [0.15, 0.2) is 22.8 Å². The van der Waals surface area contributed by atoms with Gasteiger partial charge in [-0.25, -0.2) is 0 Å². The summed E-state index contributed by atoms with van der Waals surface area (Å²) in [6.07, 6.45) is 6.39. The molecule has 0 aromatic carbocycles. The molecule has 0 bridgehead atoms. The lowest BCUT2D eigenvalue weighted by atomic mass is 9.80. The van der Waals surface area contributed by atoms with Gasteiger partial charge in [0.15, 0.2) is 0 Å². The lowest BCUT2D eigenvalue weighted by molar-refractivity contribution is -0.0712. The van der Waals surface area contributed by atoms with Crippen LogP contribution in [-0.2, 0) is 4.74 Å². The molecule has 1 fully saturated rings. The van der Waals surface area contributed by atoms with E-state index in [4.69, 9.17) is 9.15 Å². The van der Waals surface area contributed by atoms with Crippen molar-refractivity contribution in [3.05, 3.63) is 24.2 Å². The molecule has 0 aliphatic heterocycles. The van der Waals surface area contributed by atoms with Crippen LogP contribution >= 0.6 is 0 Å². The van der Waals surface area contributed by atoms with Crippen molar-refractivity contribution in [3.63, 3.8) is 0 Å². The zero-order chi connectivity index (χ0) is 11.4. The van der Waals surface area contributed by atoms with E-state index < -0.39 is 0 Å². The van der Waals surface area contributed by atoms with Crippen LogP contribution in [0.2, 0.25) is 0 Å². The lowest BCUT2D eigenvalue weighted by Gasteiger charge is -2.41. The number of rotatable bonds is 6. The van der Waals surface area contributed by atoms with Gasteiger partial charge in [-0.15, -0.1) is 0 Å². The van der Waals surface area contributed by atoms with Crippen LogP contribution in [0.3, 0.4) is 0 Å². The number of furan rings is 1. The van der Waals surface area contributed by atoms with Crippen LogP contribution in [0, 0.1) is 0 Å². The first-order valence-electron chi connectivity index (χ1n) is 6.11. The van der Waals surface area contributed by atoms with E-state index in [2.05, 4.69) is 12.2 Å². The predicted octanol–water partition coefficient (Wildman–Crippen LogP) is 2.89. The summed E-state index contributed by atoms with van der Waals surface area (Å²) in [5.41, 5.74) is 0.0833. The molecule has 1 N–H and O–H groups in total. The van der Waals surface area contributed by atoms with Gasteiger partial charge in [-0.05, 0) is 37.8 Å². The molecule has 2 rings (SSSR count). The first kappa shape index (κ1) is 11.7. The predicted molar refractivity (Wildman–Crippen MR) is 63.3 cm³/mol. The first-order valence-corrected chi connectivity index (χ1v) is 6.11. The van der Waals surface area contributed by atoms with Gasteiger partial charge in [-0.2, -0.15) is 0 Å². The minimum absolute atomic E-state index is 0.0833. The van der Waals surface area contributed by atoms with Gasteiger partial charge in [0.1, 0.15) is 5.76 Å². The summed E-state index contributed by atoms with van der Waals surface area (Å²) in [5.74, 6) is 1.02. The molecule has 1 aliphatic rings. The van der Waals surface area contributed by atoms with Crippen LogP contribution in [-0.4, -0.2) is 19.3 Å². The molecule has 1 aromatic heterocycles. The van der Waals surface area contributed by atoms with Gasteiger partial charge in [-0.1, -0.05) is 6.92 Å². The summed E-state index contributed by atoms with van der Waals surface area (Å²) in [4.78, 5) is 0. The topological polar surface area (TPSA) is 34.4 Å². The van der Waals surface area contributed by atoms with Crippen molar-refractivity contribution in [3.8, 4) is 0 Å². The fourth-order valence-corrected chi connectivity index (χ4v) is 2.27. The Balaban J connectivity index is 1.88. The van der Waals surface area contributed by atoms with Gasteiger partial charge in [0.2, 0.25) is 0 Å². The SMILES string of the molecule is CCC(NCC1(OC)CCC1)c1ccco1. The van der Waals surface area contributed by atoms with Gasteiger partial charge < -0.3 is 14.5 Å². The summed E-state index contributed by atoms with van der Waals surface area (Å²) in [5, 5.41) is 3.55. The van der Waals surface area contributed by atoms with Crippen molar-refractivity contribution in [2.24, 2.45) is 0 Å². The smallest absolute Gasteiger partial charge is 0.120 e. The molecule has 1 unspecified atom stereocenters. The van der Waals surface area contributed by atoms with Crippen LogP contribution in [0.25, 0.3) is 0 Å². The second-order valence-corrected chi connectivity index (χ2v) is 4.60. The quantitative estimate of drug-likeness (QED) is 0.805. The Kier molecular flexibility index (Phi) is 3.66. The normalized spacial score (nSPS) is 20.4. The summed E-state index contributed by atoms with van der Waals surface area (Å²) in [6, 6.07) is 4.28. The van der Waals surface area contributed by atoms with Gasteiger partial charge >= 0.3 is 0 Å². The van der Waals surface area contributed by atoms with E-state index >= 15 is 0 Å². The maximum absolute atomic E-state index is 5.59. The molecule has 3 heteroatoms. The zero-order valence-electron chi connectivity index (χ0n) is 10.2. The van der Waals surface area contributed by atoms with Crippen LogP contribution in [0.1, 0.15) is 44.4 Å². The molecular weight excluding hydrogens is 202 g/mol. The second-order valence-electron chi connectivity index (χ2n) is 4.60. The third kappa shape index (κ3) is 2.30. The average molecular weight is 223 g/mol. The summed E-state index contributed by atoms with van der Waals surface area (Å²) >= 11 is 0. The number of ether oxygens (including phenoxy) is 1. The molecule has 1 aromatic rings. The Morgan fingerprint density at radius 2 is 2.38 bits per heavy atom. The van der Waals surface area contributed by atoms with Crippen LogP contribution in [0.4, 0.5) is 0 Å². The van der Waals surface area contributed by atoms with Crippen LogP contribution in [0.5, 0.6) is 0 Å². The van der Waals surface area contributed by atoms with Gasteiger partial charge in [0, 0.05) is 13.7 Å². The highest BCUT2D eigenvalue weighted by Crippen LogP contribution is 2.35. The molecule has 90 valence electrons. The molecule has 0 saturated heterocycles. The molecule has 1 atom stereocenters. The fourth-order valence-electron chi connectivity index (χ4n) is 2.27. The summed E-state index contributed by atoms with van der Waals surface area (Å²) in [6.45, 7) is 3.09.